The lowest BCUT2D eigenvalue weighted by Gasteiger charge is -2.15. The number of nitrogens with zero attached hydrogens (tertiary/aromatic N) is 1. The number of benzene rings is 1. The predicted octanol–water partition coefficient (Wildman–Crippen LogP) is 2.49. The van der Waals surface area contributed by atoms with Gasteiger partial charge in [0.25, 0.3) is 0 Å². The SMILES string of the molecule is CN(CCC(=O)O)Cc1cc(F)cc(Br)c1. The van der Waals surface area contributed by atoms with Crippen LogP contribution >= 0.6 is 15.9 Å². The van der Waals surface area contributed by atoms with E-state index in [0.717, 1.165) is 5.56 Å². The molecule has 1 aromatic carbocycles. The molecule has 0 aliphatic carbocycles. The van der Waals surface area contributed by atoms with E-state index in [4.69, 9.17) is 5.11 Å². The fourth-order valence-corrected chi connectivity index (χ4v) is 1.89. The van der Waals surface area contributed by atoms with Gasteiger partial charge in [-0.3, -0.25) is 4.79 Å². The second-order valence-corrected chi connectivity index (χ2v) is 4.57. The molecule has 0 amide bonds. The lowest BCUT2D eigenvalue weighted by Crippen LogP contribution is -2.21. The van der Waals surface area contributed by atoms with Crippen molar-refractivity contribution in [3.8, 4) is 0 Å². The Kier molecular flexibility index (Phi) is 4.89. The topological polar surface area (TPSA) is 40.5 Å². The fourth-order valence-electron chi connectivity index (χ4n) is 1.38. The molecule has 0 aliphatic rings. The summed E-state index contributed by atoms with van der Waals surface area (Å²) in [4.78, 5) is 12.2. The van der Waals surface area contributed by atoms with E-state index in [-0.39, 0.29) is 12.2 Å². The van der Waals surface area contributed by atoms with Gasteiger partial charge >= 0.3 is 5.97 Å². The molecule has 1 rings (SSSR count). The van der Waals surface area contributed by atoms with Crippen LogP contribution in [0.4, 0.5) is 4.39 Å². The highest BCUT2D eigenvalue weighted by atomic mass is 79.9. The largest absolute Gasteiger partial charge is 0.481 e. The van der Waals surface area contributed by atoms with Crippen molar-refractivity contribution < 1.29 is 14.3 Å². The number of carbonyl (C=O) groups is 1. The first-order valence-corrected chi connectivity index (χ1v) is 5.62. The van der Waals surface area contributed by atoms with E-state index in [9.17, 15) is 9.18 Å². The highest BCUT2D eigenvalue weighted by Gasteiger charge is 2.05. The molecule has 0 aliphatic heterocycles. The molecule has 0 bridgehead atoms. The number of carboxylic acid groups (broad SMARTS) is 1. The van der Waals surface area contributed by atoms with Gasteiger partial charge in [0.2, 0.25) is 0 Å². The number of halogens is 2. The van der Waals surface area contributed by atoms with Crippen LogP contribution in [-0.4, -0.2) is 29.6 Å². The zero-order valence-electron chi connectivity index (χ0n) is 8.91. The molecule has 3 nitrogen and oxygen atoms in total. The smallest absolute Gasteiger partial charge is 0.304 e. The summed E-state index contributed by atoms with van der Waals surface area (Å²) < 4.78 is 13.7. The van der Waals surface area contributed by atoms with Crippen molar-refractivity contribution in [2.45, 2.75) is 13.0 Å². The van der Waals surface area contributed by atoms with E-state index in [1.165, 1.54) is 12.1 Å². The van der Waals surface area contributed by atoms with E-state index in [0.29, 0.717) is 17.6 Å². The monoisotopic (exact) mass is 289 g/mol. The van der Waals surface area contributed by atoms with E-state index in [1.54, 1.807) is 0 Å². The molecular weight excluding hydrogens is 277 g/mol. The molecular formula is C11H13BrFNO2. The van der Waals surface area contributed by atoms with Crippen LogP contribution in [0.3, 0.4) is 0 Å². The minimum Gasteiger partial charge on any atom is -0.481 e. The minimum atomic E-state index is -0.827. The van der Waals surface area contributed by atoms with Crippen molar-refractivity contribution in [1.82, 2.24) is 4.90 Å². The zero-order chi connectivity index (χ0) is 12.1. The maximum atomic E-state index is 13.0. The molecule has 0 fully saturated rings. The Hall–Kier alpha value is -0.940. The van der Waals surface area contributed by atoms with Gasteiger partial charge in [-0.15, -0.1) is 0 Å². The molecule has 5 heteroatoms. The Morgan fingerprint density at radius 3 is 2.75 bits per heavy atom. The number of carboxylic acids is 1. The fraction of sp³-hybridized carbons (Fsp3) is 0.364. The average Bonchev–Trinajstić information content (AvgIpc) is 2.12. The van der Waals surface area contributed by atoms with E-state index >= 15 is 0 Å². The van der Waals surface area contributed by atoms with Gasteiger partial charge in [0.05, 0.1) is 6.42 Å². The van der Waals surface area contributed by atoms with Crippen LogP contribution in [-0.2, 0) is 11.3 Å². The van der Waals surface area contributed by atoms with Crippen LogP contribution < -0.4 is 0 Å². The molecule has 88 valence electrons. The number of aliphatic carboxylic acids is 1. The van der Waals surface area contributed by atoms with Crippen molar-refractivity contribution in [2.75, 3.05) is 13.6 Å². The summed E-state index contributed by atoms with van der Waals surface area (Å²) in [6.45, 7) is 0.979. The molecule has 0 saturated heterocycles. The maximum Gasteiger partial charge on any atom is 0.304 e. The second-order valence-electron chi connectivity index (χ2n) is 3.66. The predicted molar refractivity (Wildman–Crippen MR) is 62.7 cm³/mol. The normalized spacial score (nSPS) is 10.8. The van der Waals surface area contributed by atoms with Crippen LogP contribution in [0.1, 0.15) is 12.0 Å². The van der Waals surface area contributed by atoms with Crippen LogP contribution in [0.25, 0.3) is 0 Å². The van der Waals surface area contributed by atoms with Gasteiger partial charge in [-0.2, -0.15) is 0 Å². The van der Waals surface area contributed by atoms with Crippen LogP contribution in [0.15, 0.2) is 22.7 Å². The Labute approximate surface area is 102 Å². The van der Waals surface area contributed by atoms with E-state index in [2.05, 4.69) is 15.9 Å². The summed E-state index contributed by atoms with van der Waals surface area (Å²) in [6, 6.07) is 4.66. The molecule has 0 radical (unpaired) electrons. The molecule has 0 spiro atoms. The van der Waals surface area contributed by atoms with Crippen molar-refractivity contribution in [1.29, 1.82) is 0 Å². The molecule has 16 heavy (non-hydrogen) atoms. The molecule has 1 aromatic rings. The van der Waals surface area contributed by atoms with Gasteiger partial charge < -0.3 is 10.0 Å². The summed E-state index contributed by atoms with van der Waals surface area (Å²) in [5.74, 6) is -1.12. The lowest BCUT2D eigenvalue weighted by atomic mass is 10.2. The highest BCUT2D eigenvalue weighted by Crippen LogP contribution is 2.16. The Morgan fingerprint density at radius 2 is 2.19 bits per heavy atom. The summed E-state index contributed by atoms with van der Waals surface area (Å²) in [5, 5.41) is 8.52. The first kappa shape index (κ1) is 13.1. The Morgan fingerprint density at radius 1 is 1.50 bits per heavy atom. The van der Waals surface area contributed by atoms with Gasteiger partial charge in [-0.1, -0.05) is 15.9 Å². The average molecular weight is 290 g/mol. The van der Waals surface area contributed by atoms with Gasteiger partial charge in [-0.25, -0.2) is 4.39 Å². The van der Waals surface area contributed by atoms with Crippen molar-refractivity contribution in [3.05, 3.63) is 34.1 Å². The first-order chi connectivity index (χ1) is 7.47. The molecule has 0 unspecified atom stereocenters. The quantitative estimate of drug-likeness (QED) is 0.905. The maximum absolute atomic E-state index is 13.0. The Balaban J connectivity index is 2.55. The van der Waals surface area contributed by atoms with Gasteiger partial charge in [-0.05, 0) is 30.8 Å². The van der Waals surface area contributed by atoms with Crippen LogP contribution in [0.2, 0.25) is 0 Å². The summed E-state index contributed by atoms with van der Waals surface area (Å²) in [5.41, 5.74) is 0.819. The second kappa shape index (κ2) is 5.96. The summed E-state index contributed by atoms with van der Waals surface area (Å²) >= 11 is 3.21. The summed E-state index contributed by atoms with van der Waals surface area (Å²) in [7, 11) is 1.81. The number of hydrogen-bond acceptors (Lipinski definition) is 2. The van der Waals surface area contributed by atoms with Gasteiger partial charge in [0, 0.05) is 17.6 Å². The van der Waals surface area contributed by atoms with E-state index in [1.807, 2.05) is 18.0 Å². The summed E-state index contributed by atoms with van der Waals surface area (Å²) in [6.07, 6.45) is 0.0903. The third-order valence-electron chi connectivity index (χ3n) is 2.08. The minimum absolute atomic E-state index is 0.0903. The van der Waals surface area contributed by atoms with Crippen molar-refractivity contribution >= 4 is 21.9 Å². The van der Waals surface area contributed by atoms with E-state index < -0.39 is 5.97 Å². The highest BCUT2D eigenvalue weighted by molar-refractivity contribution is 9.10. The molecule has 0 saturated carbocycles. The Bertz CT molecular complexity index is 364. The first-order valence-electron chi connectivity index (χ1n) is 4.82. The van der Waals surface area contributed by atoms with Crippen LogP contribution in [0, 0.1) is 5.82 Å². The standard InChI is InChI=1S/C11H13BrFNO2/c1-14(3-2-11(15)16)7-8-4-9(12)6-10(13)5-8/h4-6H,2-3,7H2,1H3,(H,15,16). The number of hydrogen-bond donors (Lipinski definition) is 1. The zero-order valence-corrected chi connectivity index (χ0v) is 10.5. The van der Waals surface area contributed by atoms with Crippen molar-refractivity contribution in [2.24, 2.45) is 0 Å². The lowest BCUT2D eigenvalue weighted by molar-refractivity contribution is -0.137. The molecule has 0 atom stereocenters. The van der Waals surface area contributed by atoms with Gasteiger partial charge in [0.15, 0.2) is 0 Å². The molecule has 1 N–H and O–H groups in total. The molecule has 0 aromatic heterocycles. The molecule has 0 heterocycles. The van der Waals surface area contributed by atoms with Crippen LogP contribution in [0.5, 0.6) is 0 Å². The third-order valence-corrected chi connectivity index (χ3v) is 2.54. The number of rotatable bonds is 5. The van der Waals surface area contributed by atoms with Gasteiger partial charge in [0.1, 0.15) is 5.82 Å². The third kappa shape index (κ3) is 4.72. The van der Waals surface area contributed by atoms with Crippen molar-refractivity contribution in [3.63, 3.8) is 0 Å².